The van der Waals surface area contributed by atoms with E-state index in [0.717, 1.165) is 5.56 Å². The van der Waals surface area contributed by atoms with Crippen LogP contribution in [0.25, 0.3) is 0 Å². The number of Topliss-reactive ketones (excluding diaryl/α,β-unsaturated/α-hetero) is 1. The summed E-state index contributed by atoms with van der Waals surface area (Å²) in [7, 11) is -3.71. The molecule has 0 aliphatic carbocycles. The summed E-state index contributed by atoms with van der Waals surface area (Å²) in [6.07, 6.45) is -0.445. The Morgan fingerprint density at radius 1 is 0.933 bits per heavy atom. The third-order valence-electron chi connectivity index (χ3n) is 5.23. The van der Waals surface area contributed by atoms with Gasteiger partial charge in [0.05, 0.1) is 16.2 Å². The third-order valence-corrected chi connectivity index (χ3v) is 7.02. The molecule has 6 nitrogen and oxygen atoms in total. The number of aryl methyl sites for hydroxylation is 1. The van der Waals surface area contributed by atoms with Gasteiger partial charge in [0.1, 0.15) is 0 Å². The molecule has 0 saturated heterocycles. The van der Waals surface area contributed by atoms with Crippen LogP contribution in [0, 0.1) is 6.92 Å². The number of carbonyl (C=O) groups excluding carboxylic acids is 2. The summed E-state index contributed by atoms with van der Waals surface area (Å²) in [6, 6.07) is 18.7. The zero-order valence-corrected chi connectivity index (χ0v) is 16.9. The fourth-order valence-electron chi connectivity index (χ4n) is 3.48. The number of carbonyl (C=O) groups is 2. The third kappa shape index (κ3) is 3.32. The summed E-state index contributed by atoms with van der Waals surface area (Å²) < 4.78 is 25.5. The van der Waals surface area contributed by atoms with Crippen molar-refractivity contribution in [2.24, 2.45) is 0 Å². The number of rotatable bonds is 5. The first-order valence-corrected chi connectivity index (χ1v) is 10.8. The first-order valence-electron chi connectivity index (χ1n) is 9.30. The van der Waals surface area contributed by atoms with Gasteiger partial charge in [0, 0.05) is 16.8 Å². The van der Waals surface area contributed by atoms with Gasteiger partial charge in [-0.3, -0.25) is 9.59 Å². The number of sulfone groups is 1. The summed E-state index contributed by atoms with van der Waals surface area (Å²) in [5.41, 5.74) is 0.0217. The van der Waals surface area contributed by atoms with Gasteiger partial charge in [-0.25, -0.2) is 8.42 Å². The molecule has 30 heavy (non-hydrogen) atoms. The van der Waals surface area contributed by atoms with Crippen LogP contribution in [0.3, 0.4) is 0 Å². The van der Waals surface area contributed by atoms with Gasteiger partial charge in [-0.2, -0.15) is 0 Å². The molecule has 0 bridgehead atoms. The standard InChI is InChI=1S/C23H19NO5S/c1-15-6-10-17(11-7-15)30(28,29)18-12-8-16(9-13-18)21(25)14-23(27)19-4-2-3-5-20(19)24-22(23)26/h2-13,27H,14H2,1H3,(H,24,26)/t23-/m1/s1. The van der Waals surface area contributed by atoms with E-state index in [9.17, 15) is 23.1 Å². The summed E-state index contributed by atoms with van der Waals surface area (Å²) >= 11 is 0. The van der Waals surface area contributed by atoms with E-state index in [4.69, 9.17) is 0 Å². The largest absolute Gasteiger partial charge is 0.375 e. The average molecular weight is 421 g/mol. The van der Waals surface area contributed by atoms with Crippen molar-refractivity contribution in [1.82, 2.24) is 0 Å². The van der Waals surface area contributed by atoms with Crippen LogP contribution in [-0.2, 0) is 20.2 Å². The molecule has 1 aliphatic heterocycles. The maximum absolute atomic E-state index is 12.8. The predicted molar refractivity (Wildman–Crippen MR) is 111 cm³/mol. The monoisotopic (exact) mass is 421 g/mol. The van der Waals surface area contributed by atoms with Crippen LogP contribution in [0.15, 0.2) is 82.6 Å². The lowest BCUT2D eigenvalue weighted by atomic mass is 9.88. The molecule has 4 rings (SSSR count). The van der Waals surface area contributed by atoms with Crippen molar-refractivity contribution >= 4 is 27.2 Å². The predicted octanol–water partition coefficient (Wildman–Crippen LogP) is 3.24. The van der Waals surface area contributed by atoms with Gasteiger partial charge in [-0.15, -0.1) is 0 Å². The summed E-state index contributed by atoms with van der Waals surface area (Å²) in [6.45, 7) is 1.87. The van der Waals surface area contributed by atoms with Crippen LogP contribution in [-0.4, -0.2) is 25.2 Å². The first-order chi connectivity index (χ1) is 14.2. The molecule has 3 aromatic carbocycles. The topological polar surface area (TPSA) is 101 Å². The number of nitrogens with one attached hydrogen (secondary N) is 1. The Labute approximate surface area is 174 Å². The Hall–Kier alpha value is -3.29. The van der Waals surface area contributed by atoms with E-state index in [1.165, 1.54) is 36.4 Å². The molecule has 0 spiro atoms. The van der Waals surface area contributed by atoms with Crippen LogP contribution >= 0.6 is 0 Å². The maximum Gasteiger partial charge on any atom is 0.261 e. The number of anilines is 1. The zero-order valence-electron chi connectivity index (χ0n) is 16.1. The minimum Gasteiger partial charge on any atom is -0.375 e. The van der Waals surface area contributed by atoms with Crippen molar-refractivity contribution < 1.29 is 23.1 Å². The van der Waals surface area contributed by atoms with Crippen molar-refractivity contribution in [2.75, 3.05) is 5.32 Å². The van der Waals surface area contributed by atoms with Crippen molar-refractivity contribution in [3.05, 3.63) is 89.5 Å². The van der Waals surface area contributed by atoms with Gasteiger partial charge in [0.15, 0.2) is 11.4 Å². The van der Waals surface area contributed by atoms with Gasteiger partial charge in [-0.05, 0) is 37.3 Å². The van der Waals surface area contributed by atoms with Gasteiger partial charge >= 0.3 is 0 Å². The highest BCUT2D eigenvalue weighted by Crippen LogP contribution is 2.38. The first kappa shape index (κ1) is 20.0. The SMILES string of the molecule is Cc1ccc(S(=O)(=O)c2ccc(C(=O)C[C@]3(O)C(=O)Nc4ccccc43)cc2)cc1. The lowest BCUT2D eigenvalue weighted by molar-refractivity contribution is -0.133. The molecule has 0 radical (unpaired) electrons. The van der Waals surface area contributed by atoms with Crippen LogP contribution in [0.1, 0.15) is 27.9 Å². The molecule has 3 aromatic rings. The van der Waals surface area contributed by atoms with Crippen LogP contribution < -0.4 is 5.32 Å². The normalized spacial score (nSPS) is 18.0. The van der Waals surface area contributed by atoms with Crippen molar-refractivity contribution in [3.8, 4) is 0 Å². The number of ketones is 1. The number of benzene rings is 3. The van der Waals surface area contributed by atoms with Gasteiger partial charge < -0.3 is 10.4 Å². The Morgan fingerprint density at radius 2 is 1.50 bits per heavy atom. The highest BCUT2D eigenvalue weighted by Gasteiger charge is 2.46. The molecule has 1 amide bonds. The minimum absolute atomic E-state index is 0.0607. The Morgan fingerprint density at radius 3 is 2.13 bits per heavy atom. The van der Waals surface area contributed by atoms with Crippen molar-refractivity contribution in [1.29, 1.82) is 0 Å². The molecule has 0 unspecified atom stereocenters. The van der Waals surface area contributed by atoms with E-state index >= 15 is 0 Å². The molecule has 152 valence electrons. The number of amides is 1. The molecule has 1 aliphatic rings. The van der Waals surface area contributed by atoms with Gasteiger partial charge in [0.25, 0.3) is 5.91 Å². The average Bonchev–Trinajstić information content (AvgIpc) is 2.98. The van der Waals surface area contributed by atoms with Gasteiger partial charge in [0.2, 0.25) is 9.84 Å². The second-order valence-electron chi connectivity index (χ2n) is 7.30. The van der Waals surface area contributed by atoms with E-state index in [1.54, 1.807) is 36.4 Å². The summed E-state index contributed by atoms with van der Waals surface area (Å²) in [5, 5.41) is 13.4. The number of hydrogen-bond donors (Lipinski definition) is 2. The fraction of sp³-hybridized carbons (Fsp3) is 0.130. The highest BCUT2D eigenvalue weighted by atomic mass is 32.2. The molecule has 0 aromatic heterocycles. The molecular weight excluding hydrogens is 402 g/mol. The lowest BCUT2D eigenvalue weighted by Gasteiger charge is -2.20. The molecule has 0 saturated carbocycles. The quantitative estimate of drug-likeness (QED) is 0.616. The molecule has 7 heteroatoms. The van der Waals surface area contributed by atoms with E-state index in [1.807, 2.05) is 6.92 Å². The van der Waals surface area contributed by atoms with Crippen molar-refractivity contribution in [3.63, 3.8) is 0 Å². The Balaban J connectivity index is 1.58. The van der Waals surface area contributed by atoms with E-state index in [0.29, 0.717) is 11.3 Å². The second-order valence-corrected chi connectivity index (χ2v) is 9.25. The fourth-order valence-corrected chi connectivity index (χ4v) is 4.75. The van der Waals surface area contributed by atoms with Crippen LogP contribution in [0.4, 0.5) is 5.69 Å². The molecule has 2 N–H and O–H groups in total. The number of hydrogen-bond acceptors (Lipinski definition) is 5. The summed E-state index contributed by atoms with van der Waals surface area (Å²) in [5.74, 6) is -1.13. The van der Waals surface area contributed by atoms with Crippen molar-refractivity contribution in [2.45, 2.75) is 28.7 Å². The van der Waals surface area contributed by atoms with Crippen LogP contribution in [0.5, 0.6) is 0 Å². The Kier molecular flexibility index (Phi) is 4.80. The summed E-state index contributed by atoms with van der Waals surface area (Å²) in [4.78, 5) is 25.3. The maximum atomic E-state index is 12.8. The second kappa shape index (κ2) is 7.19. The molecule has 0 fully saturated rings. The van der Waals surface area contributed by atoms with Gasteiger partial charge in [-0.1, -0.05) is 48.0 Å². The smallest absolute Gasteiger partial charge is 0.261 e. The Bertz CT molecular complexity index is 1250. The number of fused-ring (bicyclic) bond motifs is 1. The van der Waals surface area contributed by atoms with E-state index in [2.05, 4.69) is 5.32 Å². The zero-order chi connectivity index (χ0) is 21.5. The van der Waals surface area contributed by atoms with E-state index in [-0.39, 0.29) is 15.4 Å². The minimum atomic E-state index is -3.71. The highest BCUT2D eigenvalue weighted by molar-refractivity contribution is 7.91. The molecular formula is C23H19NO5S. The number of aliphatic hydroxyl groups is 1. The van der Waals surface area contributed by atoms with E-state index < -0.39 is 33.5 Å². The molecule has 1 atom stereocenters. The van der Waals surface area contributed by atoms with Crippen LogP contribution in [0.2, 0.25) is 0 Å². The molecule has 1 heterocycles. The number of para-hydroxylation sites is 1. The lowest BCUT2D eigenvalue weighted by Crippen LogP contribution is -2.36.